The number of rotatable bonds is 6. The molecule has 0 unspecified atom stereocenters. The third-order valence-electron chi connectivity index (χ3n) is 3.60. The second kappa shape index (κ2) is 5.98. The molecule has 0 atom stereocenters. The van der Waals surface area contributed by atoms with Crippen LogP contribution in [-0.4, -0.2) is 6.04 Å². The van der Waals surface area contributed by atoms with E-state index < -0.39 is 0 Å². The maximum atomic E-state index is 5.89. The largest absolute Gasteiger partial charge is 0.489 e. The van der Waals surface area contributed by atoms with Gasteiger partial charge in [0.15, 0.2) is 0 Å². The highest BCUT2D eigenvalue weighted by atomic mass is 32.1. The Morgan fingerprint density at radius 1 is 1.25 bits per heavy atom. The minimum absolute atomic E-state index is 0.662. The van der Waals surface area contributed by atoms with Crippen LogP contribution in [0.3, 0.4) is 0 Å². The van der Waals surface area contributed by atoms with Gasteiger partial charge in [0.25, 0.3) is 0 Å². The third-order valence-corrected chi connectivity index (χ3v) is 4.69. The standard InChI is InChI=1S/C17H21NOS/c1-12-4-3-5-16(8-12)19-11-14-9-17(20-13(14)2)10-18-15-6-7-15/h3-5,8-9,15,18H,6-7,10-11H2,1-2H3. The van der Waals surface area contributed by atoms with Crippen LogP contribution in [0.2, 0.25) is 0 Å². The lowest BCUT2D eigenvalue weighted by atomic mass is 10.2. The molecule has 1 aliphatic carbocycles. The molecule has 1 aromatic heterocycles. The maximum Gasteiger partial charge on any atom is 0.120 e. The van der Waals surface area contributed by atoms with E-state index in [2.05, 4.69) is 37.4 Å². The number of hydrogen-bond acceptors (Lipinski definition) is 3. The molecule has 3 heteroatoms. The van der Waals surface area contributed by atoms with E-state index >= 15 is 0 Å². The van der Waals surface area contributed by atoms with Gasteiger partial charge in [-0.2, -0.15) is 0 Å². The van der Waals surface area contributed by atoms with E-state index in [1.165, 1.54) is 33.7 Å². The van der Waals surface area contributed by atoms with Crippen LogP contribution >= 0.6 is 11.3 Å². The van der Waals surface area contributed by atoms with Crippen molar-refractivity contribution in [3.05, 3.63) is 51.2 Å². The summed E-state index contributed by atoms with van der Waals surface area (Å²) in [4.78, 5) is 2.78. The number of benzene rings is 1. The van der Waals surface area contributed by atoms with Crippen LogP contribution in [0, 0.1) is 13.8 Å². The average Bonchev–Trinajstić information content (AvgIpc) is 3.18. The first-order valence-electron chi connectivity index (χ1n) is 7.22. The molecule has 20 heavy (non-hydrogen) atoms. The topological polar surface area (TPSA) is 21.3 Å². The van der Waals surface area contributed by atoms with Gasteiger partial charge in [-0.25, -0.2) is 0 Å². The van der Waals surface area contributed by atoms with Gasteiger partial charge >= 0.3 is 0 Å². The van der Waals surface area contributed by atoms with Gasteiger partial charge in [-0.3, -0.25) is 0 Å². The Kier molecular flexibility index (Phi) is 4.08. The van der Waals surface area contributed by atoms with Crippen LogP contribution in [0.25, 0.3) is 0 Å². The number of ether oxygens (including phenoxy) is 1. The SMILES string of the molecule is Cc1cccc(OCc2cc(CNC3CC3)sc2C)c1. The van der Waals surface area contributed by atoms with Gasteiger partial charge in [0.1, 0.15) is 12.4 Å². The first-order chi connectivity index (χ1) is 9.70. The summed E-state index contributed by atoms with van der Waals surface area (Å²) in [6, 6.07) is 11.3. The summed E-state index contributed by atoms with van der Waals surface area (Å²) >= 11 is 1.88. The lowest BCUT2D eigenvalue weighted by Crippen LogP contribution is -2.14. The van der Waals surface area contributed by atoms with Crippen LogP contribution in [0.5, 0.6) is 5.75 Å². The van der Waals surface area contributed by atoms with Crippen molar-refractivity contribution < 1.29 is 4.74 Å². The molecule has 2 nitrogen and oxygen atoms in total. The summed E-state index contributed by atoms with van der Waals surface area (Å²) in [5, 5.41) is 3.56. The van der Waals surface area contributed by atoms with E-state index in [4.69, 9.17) is 4.74 Å². The molecule has 1 saturated carbocycles. The normalized spacial score (nSPS) is 14.5. The Morgan fingerprint density at radius 2 is 2.10 bits per heavy atom. The highest BCUT2D eigenvalue weighted by molar-refractivity contribution is 7.12. The first kappa shape index (κ1) is 13.7. The fourth-order valence-corrected chi connectivity index (χ4v) is 3.22. The van der Waals surface area contributed by atoms with Crippen molar-refractivity contribution in [1.29, 1.82) is 0 Å². The number of hydrogen-bond donors (Lipinski definition) is 1. The Labute approximate surface area is 124 Å². The second-order valence-corrected chi connectivity index (χ2v) is 6.90. The predicted molar refractivity (Wildman–Crippen MR) is 84.4 cm³/mol. The van der Waals surface area contributed by atoms with Crippen LogP contribution in [0.4, 0.5) is 0 Å². The lowest BCUT2D eigenvalue weighted by molar-refractivity contribution is 0.306. The molecular weight excluding hydrogens is 266 g/mol. The van der Waals surface area contributed by atoms with Gasteiger partial charge in [0, 0.05) is 27.9 Å². The molecule has 3 rings (SSSR count). The summed E-state index contributed by atoms with van der Waals surface area (Å²) in [7, 11) is 0. The fourth-order valence-electron chi connectivity index (χ4n) is 2.22. The molecule has 2 aromatic rings. The zero-order valence-corrected chi connectivity index (χ0v) is 12.9. The Balaban J connectivity index is 1.58. The van der Waals surface area contributed by atoms with E-state index in [0.29, 0.717) is 6.61 Å². The van der Waals surface area contributed by atoms with Gasteiger partial charge in [-0.15, -0.1) is 11.3 Å². The van der Waals surface area contributed by atoms with Crippen LogP contribution in [0.15, 0.2) is 30.3 Å². The molecule has 0 amide bonds. The van der Waals surface area contributed by atoms with Gasteiger partial charge < -0.3 is 10.1 Å². The summed E-state index contributed by atoms with van der Waals surface area (Å²) in [5.74, 6) is 0.952. The molecule has 1 N–H and O–H groups in total. The van der Waals surface area contributed by atoms with Crippen molar-refractivity contribution in [3.8, 4) is 5.75 Å². The molecule has 1 aliphatic rings. The average molecular weight is 287 g/mol. The lowest BCUT2D eigenvalue weighted by Gasteiger charge is -2.06. The van der Waals surface area contributed by atoms with E-state index in [1.54, 1.807) is 0 Å². The van der Waals surface area contributed by atoms with E-state index in [1.807, 2.05) is 23.5 Å². The molecule has 1 aromatic carbocycles. The Hall–Kier alpha value is -1.32. The molecule has 0 saturated heterocycles. The highest BCUT2D eigenvalue weighted by Gasteiger charge is 2.20. The zero-order chi connectivity index (χ0) is 13.9. The van der Waals surface area contributed by atoms with Crippen molar-refractivity contribution in [2.45, 2.75) is 45.9 Å². The first-order valence-corrected chi connectivity index (χ1v) is 8.03. The number of nitrogens with one attached hydrogen (secondary N) is 1. The number of thiophene rings is 1. The van der Waals surface area contributed by atoms with Crippen molar-refractivity contribution in [1.82, 2.24) is 5.32 Å². The minimum Gasteiger partial charge on any atom is -0.489 e. The van der Waals surface area contributed by atoms with Crippen LogP contribution < -0.4 is 10.1 Å². The molecule has 0 bridgehead atoms. The van der Waals surface area contributed by atoms with Gasteiger partial charge in [-0.05, 0) is 50.5 Å². The van der Waals surface area contributed by atoms with E-state index in [-0.39, 0.29) is 0 Å². The van der Waals surface area contributed by atoms with Crippen molar-refractivity contribution in [2.75, 3.05) is 0 Å². The van der Waals surface area contributed by atoms with Crippen molar-refractivity contribution >= 4 is 11.3 Å². The van der Waals surface area contributed by atoms with Crippen molar-refractivity contribution in [2.24, 2.45) is 0 Å². The Morgan fingerprint density at radius 3 is 2.85 bits per heavy atom. The molecule has 0 spiro atoms. The summed E-state index contributed by atoms with van der Waals surface area (Å²) in [6.07, 6.45) is 2.68. The van der Waals surface area contributed by atoms with E-state index in [0.717, 1.165) is 18.3 Å². The summed E-state index contributed by atoms with van der Waals surface area (Å²) in [5.41, 5.74) is 2.54. The smallest absolute Gasteiger partial charge is 0.120 e. The maximum absolute atomic E-state index is 5.89. The monoisotopic (exact) mass is 287 g/mol. The molecule has 0 aliphatic heterocycles. The van der Waals surface area contributed by atoms with Gasteiger partial charge in [0.05, 0.1) is 0 Å². The van der Waals surface area contributed by atoms with Gasteiger partial charge in [-0.1, -0.05) is 12.1 Å². The molecule has 106 valence electrons. The van der Waals surface area contributed by atoms with Gasteiger partial charge in [0.2, 0.25) is 0 Å². The zero-order valence-electron chi connectivity index (χ0n) is 12.1. The highest BCUT2D eigenvalue weighted by Crippen LogP contribution is 2.25. The third kappa shape index (κ3) is 3.62. The van der Waals surface area contributed by atoms with Crippen LogP contribution in [-0.2, 0) is 13.2 Å². The fraction of sp³-hybridized carbons (Fsp3) is 0.412. The van der Waals surface area contributed by atoms with E-state index in [9.17, 15) is 0 Å². The summed E-state index contributed by atoms with van der Waals surface area (Å²) in [6.45, 7) is 5.93. The Bertz CT molecular complexity index is 586. The van der Waals surface area contributed by atoms with Crippen molar-refractivity contribution in [3.63, 3.8) is 0 Å². The predicted octanol–water partition coefficient (Wildman–Crippen LogP) is 4.20. The minimum atomic E-state index is 0.662. The quantitative estimate of drug-likeness (QED) is 0.860. The molecule has 0 radical (unpaired) electrons. The van der Waals surface area contributed by atoms with Crippen LogP contribution in [0.1, 0.15) is 33.7 Å². The molecule has 1 heterocycles. The molecule has 1 fully saturated rings. The number of aryl methyl sites for hydroxylation is 2. The summed E-state index contributed by atoms with van der Waals surface area (Å²) < 4.78 is 5.89. The second-order valence-electron chi connectivity index (χ2n) is 5.55. The molecular formula is C17H21NOS.